The number of amides is 1. The Balaban J connectivity index is 1.65. The molecule has 146 valence electrons. The van der Waals surface area contributed by atoms with E-state index in [2.05, 4.69) is 10.2 Å². The molecule has 0 aliphatic carbocycles. The molecule has 0 radical (unpaired) electrons. The average Bonchev–Trinajstić information content (AvgIpc) is 3.27. The molecule has 0 fully saturated rings. The molecule has 0 spiro atoms. The van der Waals surface area contributed by atoms with Crippen LogP contribution in [0.15, 0.2) is 42.7 Å². The largest absolute Gasteiger partial charge is 0.408 e. The molecule has 3 aromatic rings. The van der Waals surface area contributed by atoms with Crippen LogP contribution in [0.1, 0.15) is 28.5 Å². The minimum atomic E-state index is -0.625. The van der Waals surface area contributed by atoms with Gasteiger partial charge in [-0.1, -0.05) is 23.7 Å². The molecule has 0 aliphatic rings. The highest BCUT2D eigenvalue weighted by Gasteiger charge is 2.19. The van der Waals surface area contributed by atoms with Gasteiger partial charge in [0.2, 0.25) is 0 Å². The molecule has 0 unspecified atom stereocenters. The zero-order chi connectivity index (χ0) is 20.3. The zero-order valence-electron chi connectivity index (χ0n) is 15.4. The number of rotatable bonds is 7. The lowest BCUT2D eigenvalue weighted by molar-refractivity contribution is -0.389. The van der Waals surface area contributed by atoms with E-state index < -0.39 is 4.92 Å². The molecule has 1 amide bonds. The molecule has 0 bridgehead atoms. The van der Waals surface area contributed by atoms with Gasteiger partial charge in [0.25, 0.3) is 5.91 Å². The van der Waals surface area contributed by atoms with Crippen molar-refractivity contribution in [3.63, 3.8) is 0 Å². The predicted octanol–water partition coefficient (Wildman–Crippen LogP) is 2.98. The third kappa shape index (κ3) is 4.37. The van der Waals surface area contributed by atoms with Gasteiger partial charge in [-0.25, -0.2) is 0 Å². The van der Waals surface area contributed by atoms with Crippen molar-refractivity contribution >= 4 is 23.3 Å². The Morgan fingerprint density at radius 3 is 2.50 bits per heavy atom. The van der Waals surface area contributed by atoms with Crippen molar-refractivity contribution in [2.45, 2.75) is 26.6 Å². The van der Waals surface area contributed by atoms with E-state index >= 15 is 0 Å². The van der Waals surface area contributed by atoms with Gasteiger partial charge in [0, 0.05) is 25.4 Å². The number of halogens is 1. The molecule has 0 N–H and O–H groups in total. The van der Waals surface area contributed by atoms with Gasteiger partial charge in [0.1, 0.15) is 0 Å². The number of nitro groups is 1. The minimum absolute atomic E-state index is 0.0102. The molecule has 10 heteroatoms. The van der Waals surface area contributed by atoms with Crippen LogP contribution in [0.5, 0.6) is 0 Å². The topological polar surface area (TPSA) is 99.1 Å². The van der Waals surface area contributed by atoms with Crippen molar-refractivity contribution in [2.75, 3.05) is 7.05 Å². The first-order valence-corrected chi connectivity index (χ1v) is 8.99. The molecule has 3 rings (SSSR count). The van der Waals surface area contributed by atoms with E-state index in [1.165, 1.54) is 10.9 Å². The number of carbonyl (C=O) groups is 1. The van der Waals surface area contributed by atoms with Gasteiger partial charge in [0.05, 0.1) is 30.1 Å². The molecule has 2 heterocycles. The van der Waals surface area contributed by atoms with Gasteiger partial charge in [0.15, 0.2) is 5.02 Å². The standard InChI is InChI=1S/C18H19ClN6O3/c1-3-23-9-8-15(20-23)11-22(2)18(26)14-6-4-13(5-7-14)10-24-12-16(19)17(21-24)25(27)28/h4-9,12H,3,10-11H2,1-2H3. The van der Waals surface area contributed by atoms with Crippen molar-refractivity contribution in [2.24, 2.45) is 0 Å². The summed E-state index contributed by atoms with van der Waals surface area (Å²) in [5, 5.41) is 19.0. The summed E-state index contributed by atoms with van der Waals surface area (Å²) in [6.07, 6.45) is 3.29. The first kappa shape index (κ1) is 19.6. The van der Waals surface area contributed by atoms with E-state index in [0.29, 0.717) is 18.7 Å². The molecular formula is C18H19ClN6O3. The van der Waals surface area contributed by atoms with E-state index in [4.69, 9.17) is 11.6 Å². The van der Waals surface area contributed by atoms with Crippen LogP contribution < -0.4 is 0 Å². The molecule has 2 aromatic heterocycles. The number of benzene rings is 1. The minimum Gasteiger partial charge on any atom is -0.358 e. The number of hydrogen-bond donors (Lipinski definition) is 0. The smallest absolute Gasteiger partial charge is 0.358 e. The van der Waals surface area contributed by atoms with E-state index in [9.17, 15) is 14.9 Å². The summed E-state index contributed by atoms with van der Waals surface area (Å²) >= 11 is 5.80. The SMILES string of the molecule is CCn1ccc(CN(C)C(=O)c2ccc(Cn3cc(Cl)c([N+](=O)[O-])n3)cc2)n1. The highest BCUT2D eigenvalue weighted by molar-refractivity contribution is 6.32. The fourth-order valence-corrected chi connectivity index (χ4v) is 2.95. The summed E-state index contributed by atoms with van der Waals surface area (Å²) in [4.78, 5) is 24.4. The summed E-state index contributed by atoms with van der Waals surface area (Å²) in [5.74, 6) is -0.490. The Hall–Kier alpha value is -3.20. The van der Waals surface area contributed by atoms with Crippen molar-refractivity contribution in [1.29, 1.82) is 0 Å². The Morgan fingerprint density at radius 1 is 1.21 bits per heavy atom. The fourth-order valence-electron chi connectivity index (χ4n) is 2.73. The second-order valence-corrected chi connectivity index (χ2v) is 6.68. The quantitative estimate of drug-likeness (QED) is 0.447. The van der Waals surface area contributed by atoms with E-state index in [1.54, 1.807) is 36.2 Å². The summed E-state index contributed by atoms with van der Waals surface area (Å²) in [6, 6.07) is 8.91. The van der Waals surface area contributed by atoms with Crippen LogP contribution >= 0.6 is 11.6 Å². The summed E-state index contributed by atoms with van der Waals surface area (Å²) in [7, 11) is 1.73. The van der Waals surface area contributed by atoms with Crippen molar-refractivity contribution in [1.82, 2.24) is 24.5 Å². The first-order valence-electron chi connectivity index (χ1n) is 8.61. The number of carbonyl (C=O) groups excluding carboxylic acids is 1. The van der Waals surface area contributed by atoms with Gasteiger partial charge < -0.3 is 15.0 Å². The molecular weight excluding hydrogens is 384 g/mol. The second-order valence-electron chi connectivity index (χ2n) is 6.28. The second kappa shape index (κ2) is 8.22. The van der Waals surface area contributed by atoms with Crippen molar-refractivity contribution in [3.8, 4) is 0 Å². The van der Waals surface area contributed by atoms with Gasteiger partial charge in [-0.05, 0) is 35.6 Å². The molecule has 28 heavy (non-hydrogen) atoms. The third-order valence-electron chi connectivity index (χ3n) is 4.18. The predicted molar refractivity (Wildman–Crippen MR) is 103 cm³/mol. The summed E-state index contributed by atoms with van der Waals surface area (Å²) in [6.45, 7) is 3.52. The first-order chi connectivity index (χ1) is 13.4. The zero-order valence-corrected chi connectivity index (χ0v) is 16.2. The van der Waals surface area contributed by atoms with Crippen molar-refractivity contribution < 1.29 is 9.72 Å². The van der Waals surface area contributed by atoms with Crippen LogP contribution in [-0.2, 0) is 19.6 Å². The highest BCUT2D eigenvalue weighted by atomic mass is 35.5. The fraction of sp³-hybridized carbons (Fsp3) is 0.278. The summed E-state index contributed by atoms with van der Waals surface area (Å²) in [5.41, 5.74) is 2.21. The van der Waals surface area contributed by atoms with E-state index in [0.717, 1.165) is 17.8 Å². The average molecular weight is 403 g/mol. The molecule has 1 aromatic carbocycles. The lowest BCUT2D eigenvalue weighted by Gasteiger charge is -2.16. The number of nitrogens with zero attached hydrogens (tertiary/aromatic N) is 6. The molecule has 0 saturated heterocycles. The molecule has 0 saturated carbocycles. The van der Waals surface area contributed by atoms with E-state index in [1.807, 2.05) is 23.9 Å². The lowest BCUT2D eigenvalue weighted by atomic mass is 10.1. The normalized spacial score (nSPS) is 10.8. The van der Waals surface area contributed by atoms with Gasteiger partial charge in [-0.15, -0.1) is 0 Å². The third-order valence-corrected chi connectivity index (χ3v) is 4.45. The maximum absolute atomic E-state index is 12.6. The maximum Gasteiger partial charge on any atom is 0.408 e. The number of aromatic nitrogens is 4. The summed E-state index contributed by atoms with van der Waals surface area (Å²) < 4.78 is 3.21. The Kier molecular flexibility index (Phi) is 5.74. The van der Waals surface area contributed by atoms with Crippen LogP contribution in [0.2, 0.25) is 5.02 Å². The Bertz CT molecular complexity index is 995. The maximum atomic E-state index is 12.6. The molecule has 0 aliphatic heterocycles. The number of aryl methyl sites for hydroxylation is 1. The van der Waals surface area contributed by atoms with Gasteiger partial charge in [-0.2, -0.15) is 9.78 Å². The monoisotopic (exact) mass is 402 g/mol. The van der Waals surface area contributed by atoms with Crippen LogP contribution in [0.3, 0.4) is 0 Å². The van der Waals surface area contributed by atoms with Crippen LogP contribution in [0.4, 0.5) is 5.82 Å². The van der Waals surface area contributed by atoms with Gasteiger partial charge in [-0.3, -0.25) is 9.48 Å². The lowest BCUT2D eigenvalue weighted by Crippen LogP contribution is -2.26. The molecule has 0 atom stereocenters. The highest BCUT2D eigenvalue weighted by Crippen LogP contribution is 2.22. The van der Waals surface area contributed by atoms with E-state index in [-0.39, 0.29) is 16.7 Å². The Morgan fingerprint density at radius 2 is 1.93 bits per heavy atom. The van der Waals surface area contributed by atoms with Crippen molar-refractivity contribution in [3.05, 3.63) is 74.7 Å². The molecule has 9 nitrogen and oxygen atoms in total. The Labute approximate surface area is 166 Å². The van der Waals surface area contributed by atoms with Gasteiger partial charge >= 0.3 is 5.82 Å². The van der Waals surface area contributed by atoms with Crippen LogP contribution in [-0.4, -0.2) is 42.3 Å². The number of hydrogen-bond acceptors (Lipinski definition) is 5. The van der Waals surface area contributed by atoms with Crippen LogP contribution in [0.25, 0.3) is 0 Å². The van der Waals surface area contributed by atoms with Crippen LogP contribution in [0, 0.1) is 10.1 Å².